The van der Waals surface area contributed by atoms with Gasteiger partial charge in [0.25, 0.3) is 0 Å². The van der Waals surface area contributed by atoms with Crippen LogP contribution in [0.4, 0.5) is 13.2 Å². The molecule has 0 aliphatic carbocycles. The molecule has 0 bridgehead atoms. The Kier molecular flexibility index (Phi) is 3.74. The summed E-state index contributed by atoms with van der Waals surface area (Å²) >= 11 is 0. The lowest BCUT2D eigenvalue weighted by Gasteiger charge is -2.12. The lowest BCUT2D eigenvalue weighted by Crippen LogP contribution is -2.22. The minimum Gasteiger partial charge on any atom is -0.235 e. The number of alkyl halides is 3. The molecular formula is C10H10F3NOS. The zero-order chi connectivity index (χ0) is 12.2. The van der Waals surface area contributed by atoms with Crippen molar-refractivity contribution in [3.63, 3.8) is 0 Å². The maximum Gasteiger partial charge on any atom is 0.483 e. The average molecular weight is 249 g/mol. The van der Waals surface area contributed by atoms with E-state index in [0.29, 0.717) is 0 Å². The summed E-state index contributed by atoms with van der Waals surface area (Å²) in [5, 5.41) is 0. The molecule has 0 N–H and O–H groups in total. The number of benzene rings is 1. The quantitative estimate of drug-likeness (QED) is 0.787. The SMILES string of the molecule is C/C=C/N=S(=O)(c1ccccc1)C(F)(F)F. The first-order chi connectivity index (χ1) is 7.42. The lowest BCUT2D eigenvalue weighted by atomic mass is 10.4. The monoisotopic (exact) mass is 249 g/mol. The van der Waals surface area contributed by atoms with Gasteiger partial charge in [-0.15, -0.1) is 0 Å². The third kappa shape index (κ3) is 2.44. The van der Waals surface area contributed by atoms with E-state index in [-0.39, 0.29) is 4.90 Å². The molecule has 1 aromatic carbocycles. The fourth-order valence-corrected chi connectivity index (χ4v) is 2.33. The second-order valence-electron chi connectivity index (χ2n) is 2.87. The van der Waals surface area contributed by atoms with Gasteiger partial charge < -0.3 is 0 Å². The van der Waals surface area contributed by atoms with E-state index in [1.165, 1.54) is 25.1 Å². The second kappa shape index (κ2) is 4.69. The van der Waals surface area contributed by atoms with E-state index in [0.717, 1.165) is 18.3 Å². The smallest absolute Gasteiger partial charge is 0.235 e. The standard InChI is InChI=1S/C10H10F3NOS/c1-2-8-14-16(15,10(11,12)13)9-6-4-3-5-7-9/h2-8H,1H3/b8-2+. The van der Waals surface area contributed by atoms with Crippen molar-refractivity contribution in [2.45, 2.75) is 17.3 Å². The molecule has 0 saturated carbocycles. The van der Waals surface area contributed by atoms with Crippen LogP contribution in [0.3, 0.4) is 0 Å². The van der Waals surface area contributed by atoms with Crippen LogP contribution in [0.5, 0.6) is 0 Å². The molecule has 0 saturated heterocycles. The molecule has 0 fully saturated rings. The van der Waals surface area contributed by atoms with Gasteiger partial charge in [0, 0.05) is 6.20 Å². The third-order valence-corrected chi connectivity index (χ3v) is 3.69. The summed E-state index contributed by atoms with van der Waals surface area (Å²) < 4.78 is 53.1. The Morgan fingerprint density at radius 3 is 2.25 bits per heavy atom. The largest absolute Gasteiger partial charge is 0.483 e. The van der Waals surface area contributed by atoms with Crippen molar-refractivity contribution in [1.82, 2.24) is 0 Å². The molecule has 88 valence electrons. The Labute approximate surface area is 92.0 Å². The summed E-state index contributed by atoms with van der Waals surface area (Å²) in [6, 6.07) is 6.65. The van der Waals surface area contributed by atoms with Crippen LogP contribution in [0.2, 0.25) is 0 Å². The minimum atomic E-state index is -4.88. The molecule has 0 heterocycles. The minimum absolute atomic E-state index is 0.333. The van der Waals surface area contributed by atoms with Crippen LogP contribution >= 0.6 is 0 Å². The Morgan fingerprint density at radius 2 is 1.81 bits per heavy atom. The maximum atomic E-state index is 12.7. The van der Waals surface area contributed by atoms with Crippen LogP contribution in [0.15, 0.2) is 51.9 Å². The number of hydrogen-bond acceptors (Lipinski definition) is 2. The molecule has 1 atom stereocenters. The van der Waals surface area contributed by atoms with Crippen molar-refractivity contribution in [2.75, 3.05) is 0 Å². The molecule has 6 heteroatoms. The summed E-state index contributed by atoms with van der Waals surface area (Å²) in [6.07, 6.45) is 2.21. The van der Waals surface area contributed by atoms with Crippen molar-refractivity contribution >= 4 is 9.73 Å². The predicted octanol–water partition coefficient (Wildman–Crippen LogP) is 3.57. The Morgan fingerprint density at radius 1 is 1.25 bits per heavy atom. The molecule has 0 aliphatic rings. The first kappa shape index (κ1) is 12.8. The van der Waals surface area contributed by atoms with Crippen molar-refractivity contribution < 1.29 is 17.4 Å². The van der Waals surface area contributed by atoms with Crippen LogP contribution in [0, 0.1) is 0 Å². The van der Waals surface area contributed by atoms with Crippen LogP contribution in [0.25, 0.3) is 0 Å². The first-order valence-electron chi connectivity index (χ1n) is 4.40. The topological polar surface area (TPSA) is 29.4 Å². The van der Waals surface area contributed by atoms with Crippen LogP contribution in [-0.2, 0) is 9.73 Å². The van der Waals surface area contributed by atoms with Crippen LogP contribution in [-0.4, -0.2) is 9.72 Å². The van der Waals surface area contributed by atoms with Gasteiger partial charge in [0.2, 0.25) is 0 Å². The zero-order valence-corrected chi connectivity index (χ0v) is 9.26. The van der Waals surface area contributed by atoms with Crippen molar-refractivity contribution in [1.29, 1.82) is 0 Å². The van der Waals surface area contributed by atoms with Gasteiger partial charge in [-0.1, -0.05) is 24.3 Å². The van der Waals surface area contributed by atoms with Gasteiger partial charge in [-0.25, -0.2) is 4.21 Å². The molecule has 1 unspecified atom stereocenters. The summed E-state index contributed by atoms with van der Waals surface area (Å²) in [4.78, 5) is -0.333. The molecule has 2 nitrogen and oxygen atoms in total. The van der Waals surface area contributed by atoms with Crippen molar-refractivity contribution in [3.05, 3.63) is 42.6 Å². The molecule has 1 aromatic rings. The van der Waals surface area contributed by atoms with Gasteiger partial charge >= 0.3 is 5.51 Å². The summed E-state index contributed by atoms with van der Waals surface area (Å²) in [5.74, 6) is 0. The normalized spacial score (nSPS) is 16.0. The number of nitrogens with zero attached hydrogens (tertiary/aromatic N) is 1. The Balaban J connectivity index is 3.46. The lowest BCUT2D eigenvalue weighted by molar-refractivity contribution is -0.0402. The molecular weight excluding hydrogens is 239 g/mol. The van der Waals surface area contributed by atoms with E-state index in [9.17, 15) is 17.4 Å². The molecule has 0 aromatic heterocycles. The fourth-order valence-electron chi connectivity index (χ4n) is 1.01. The van der Waals surface area contributed by atoms with Gasteiger partial charge in [0.1, 0.15) is 0 Å². The van der Waals surface area contributed by atoms with Gasteiger partial charge in [0.05, 0.1) is 4.90 Å². The number of halogens is 3. The highest BCUT2D eigenvalue weighted by Gasteiger charge is 2.44. The summed E-state index contributed by atoms with van der Waals surface area (Å²) in [5.41, 5.74) is -4.88. The van der Waals surface area contributed by atoms with Crippen LogP contribution < -0.4 is 0 Å². The van der Waals surface area contributed by atoms with Gasteiger partial charge in [-0.3, -0.25) is 0 Å². The molecule has 1 rings (SSSR count). The Bertz CT molecular complexity index is 485. The predicted molar refractivity (Wildman–Crippen MR) is 56.1 cm³/mol. The summed E-state index contributed by atoms with van der Waals surface area (Å²) in [6.45, 7) is 1.50. The van der Waals surface area contributed by atoms with Gasteiger partial charge in [0.15, 0.2) is 9.73 Å². The van der Waals surface area contributed by atoms with Crippen molar-refractivity contribution in [3.8, 4) is 0 Å². The molecule has 0 spiro atoms. The highest BCUT2D eigenvalue weighted by atomic mass is 32.2. The van der Waals surface area contributed by atoms with Gasteiger partial charge in [-0.05, 0) is 19.1 Å². The van der Waals surface area contributed by atoms with Gasteiger partial charge in [-0.2, -0.15) is 17.5 Å². The molecule has 0 radical (unpaired) electrons. The van der Waals surface area contributed by atoms with E-state index in [1.807, 2.05) is 0 Å². The summed E-state index contributed by atoms with van der Waals surface area (Å²) in [7, 11) is -4.41. The van der Waals surface area contributed by atoms with E-state index >= 15 is 0 Å². The highest BCUT2D eigenvalue weighted by Crippen LogP contribution is 2.32. The first-order valence-corrected chi connectivity index (χ1v) is 5.92. The van der Waals surface area contributed by atoms with Crippen molar-refractivity contribution in [2.24, 2.45) is 4.36 Å². The van der Waals surface area contributed by atoms with E-state index in [1.54, 1.807) is 6.07 Å². The Hall–Kier alpha value is -1.30. The maximum absolute atomic E-state index is 12.7. The number of allylic oxidation sites excluding steroid dienone is 1. The van der Waals surface area contributed by atoms with E-state index in [2.05, 4.69) is 4.36 Å². The molecule has 16 heavy (non-hydrogen) atoms. The third-order valence-electron chi connectivity index (χ3n) is 1.73. The zero-order valence-electron chi connectivity index (χ0n) is 8.44. The molecule has 0 aliphatic heterocycles. The van der Waals surface area contributed by atoms with E-state index in [4.69, 9.17) is 0 Å². The number of hydrogen-bond donors (Lipinski definition) is 0. The number of rotatable bonds is 2. The second-order valence-corrected chi connectivity index (χ2v) is 5.07. The highest BCUT2D eigenvalue weighted by molar-refractivity contribution is 7.94. The van der Waals surface area contributed by atoms with Crippen LogP contribution in [0.1, 0.15) is 6.92 Å². The van der Waals surface area contributed by atoms with E-state index < -0.39 is 15.2 Å². The average Bonchev–Trinajstić information content (AvgIpc) is 2.25. The fraction of sp³-hybridized carbons (Fsp3) is 0.200. The molecule has 0 amide bonds.